The molecular formula is C11H15NO4. The second kappa shape index (κ2) is 3.30. The third-order valence-electron chi connectivity index (χ3n) is 3.23. The first-order valence-electron chi connectivity index (χ1n) is 5.38. The number of carbonyl (C=O) groups excluding carboxylic acids is 1. The van der Waals surface area contributed by atoms with Crippen LogP contribution < -0.4 is 0 Å². The van der Waals surface area contributed by atoms with Crippen molar-refractivity contribution in [2.45, 2.75) is 39.8 Å². The van der Waals surface area contributed by atoms with Crippen molar-refractivity contribution in [1.82, 2.24) is 0 Å². The van der Waals surface area contributed by atoms with Gasteiger partial charge in [0, 0.05) is 18.4 Å². The summed E-state index contributed by atoms with van der Waals surface area (Å²) in [7, 11) is 0. The Morgan fingerprint density at radius 2 is 2.06 bits per heavy atom. The normalized spacial score (nSPS) is 32.3. The van der Waals surface area contributed by atoms with Crippen LogP contribution in [0.4, 0.5) is 0 Å². The summed E-state index contributed by atoms with van der Waals surface area (Å²) in [4.78, 5) is 22.2. The van der Waals surface area contributed by atoms with E-state index in [0.717, 1.165) is 0 Å². The van der Waals surface area contributed by atoms with Gasteiger partial charge in [0.2, 0.25) is 0 Å². The van der Waals surface area contributed by atoms with Gasteiger partial charge in [-0.2, -0.15) is 0 Å². The van der Waals surface area contributed by atoms with E-state index in [0.29, 0.717) is 24.2 Å². The van der Waals surface area contributed by atoms with Gasteiger partial charge in [0.25, 0.3) is 0 Å². The van der Waals surface area contributed by atoms with Crippen LogP contribution in [0.25, 0.3) is 0 Å². The molecule has 5 nitrogen and oxygen atoms in total. The fraction of sp³-hybridized carbons (Fsp3) is 0.727. The highest BCUT2D eigenvalue weighted by Crippen LogP contribution is 2.44. The van der Waals surface area contributed by atoms with E-state index in [-0.39, 0.29) is 11.2 Å². The van der Waals surface area contributed by atoms with E-state index >= 15 is 0 Å². The summed E-state index contributed by atoms with van der Waals surface area (Å²) >= 11 is 0. The lowest BCUT2D eigenvalue weighted by atomic mass is 9.75. The van der Waals surface area contributed by atoms with Crippen LogP contribution in [0.5, 0.6) is 0 Å². The van der Waals surface area contributed by atoms with Gasteiger partial charge in [-0.05, 0) is 12.3 Å². The van der Waals surface area contributed by atoms with Crippen LogP contribution in [-0.4, -0.2) is 16.9 Å². The van der Waals surface area contributed by atoms with Gasteiger partial charge in [-0.15, -0.1) is 0 Å². The molecule has 5 heteroatoms. The van der Waals surface area contributed by atoms with Gasteiger partial charge in [0.1, 0.15) is 5.76 Å². The minimum atomic E-state index is -1.08. The van der Waals surface area contributed by atoms with E-state index in [2.05, 4.69) is 0 Å². The number of nitro groups is 1. The van der Waals surface area contributed by atoms with Crippen molar-refractivity contribution in [1.29, 1.82) is 0 Å². The second-order valence-electron chi connectivity index (χ2n) is 5.36. The number of ether oxygens (including phenoxy) is 1. The van der Waals surface area contributed by atoms with Crippen molar-refractivity contribution in [3.63, 3.8) is 0 Å². The lowest BCUT2D eigenvalue weighted by Crippen LogP contribution is -2.28. The monoisotopic (exact) mass is 225 g/mol. The maximum atomic E-state index is 11.9. The predicted molar refractivity (Wildman–Crippen MR) is 56.1 cm³/mol. The van der Waals surface area contributed by atoms with Gasteiger partial charge in [-0.3, -0.25) is 14.9 Å². The molecule has 0 aromatic heterocycles. The quantitative estimate of drug-likeness (QED) is 0.504. The van der Waals surface area contributed by atoms with Crippen molar-refractivity contribution in [2.24, 2.45) is 11.3 Å². The van der Waals surface area contributed by atoms with Crippen molar-refractivity contribution < 1.29 is 14.5 Å². The van der Waals surface area contributed by atoms with Gasteiger partial charge >= 0.3 is 6.23 Å². The smallest absolute Gasteiger partial charge is 0.360 e. The molecule has 0 unspecified atom stereocenters. The van der Waals surface area contributed by atoms with Crippen molar-refractivity contribution in [2.75, 3.05) is 0 Å². The van der Waals surface area contributed by atoms with E-state index in [9.17, 15) is 14.9 Å². The number of ketones is 1. The van der Waals surface area contributed by atoms with Crippen LogP contribution in [-0.2, 0) is 9.53 Å². The SMILES string of the molecule is C[C@H]1C2=C(CC(C)(C)CC2=O)O[C@@H]1[N+](=O)[O-]. The molecule has 1 aliphatic heterocycles. The van der Waals surface area contributed by atoms with Gasteiger partial charge in [0.05, 0.1) is 10.8 Å². The molecule has 16 heavy (non-hydrogen) atoms. The molecule has 0 saturated heterocycles. The number of allylic oxidation sites excluding steroid dienone is 1. The largest absolute Gasteiger partial charge is 0.434 e. The van der Waals surface area contributed by atoms with E-state index in [1.165, 1.54) is 0 Å². The minimum Gasteiger partial charge on any atom is -0.434 e. The van der Waals surface area contributed by atoms with Crippen LogP contribution in [0.1, 0.15) is 33.6 Å². The average Bonchev–Trinajstić information content (AvgIpc) is 2.40. The molecule has 0 aromatic rings. The number of rotatable bonds is 1. The minimum absolute atomic E-state index is 0.00287. The van der Waals surface area contributed by atoms with Gasteiger partial charge in [0.15, 0.2) is 5.78 Å². The molecule has 2 atom stereocenters. The first-order valence-corrected chi connectivity index (χ1v) is 5.38. The molecule has 0 radical (unpaired) electrons. The zero-order valence-corrected chi connectivity index (χ0v) is 9.65. The lowest BCUT2D eigenvalue weighted by molar-refractivity contribution is -0.574. The molecule has 0 aromatic carbocycles. The fourth-order valence-corrected chi connectivity index (χ4v) is 2.51. The Hall–Kier alpha value is -1.39. The summed E-state index contributed by atoms with van der Waals surface area (Å²) in [5, 5.41) is 10.8. The lowest BCUT2D eigenvalue weighted by Gasteiger charge is -2.28. The molecule has 0 fully saturated rings. The molecule has 0 bridgehead atoms. The summed E-state index contributed by atoms with van der Waals surface area (Å²) in [5.74, 6) is 0.118. The second-order valence-corrected chi connectivity index (χ2v) is 5.36. The van der Waals surface area contributed by atoms with Gasteiger partial charge in [-0.25, -0.2) is 0 Å². The number of nitrogens with zero attached hydrogens (tertiary/aromatic N) is 1. The third kappa shape index (κ3) is 1.60. The Bertz CT molecular complexity index is 397. The summed E-state index contributed by atoms with van der Waals surface area (Å²) in [6.07, 6.45) is -0.0185. The van der Waals surface area contributed by atoms with E-state index < -0.39 is 17.1 Å². The Kier molecular flexibility index (Phi) is 2.29. The van der Waals surface area contributed by atoms with E-state index in [4.69, 9.17) is 4.74 Å². The average molecular weight is 225 g/mol. The molecule has 1 heterocycles. The Labute approximate surface area is 93.6 Å². The topological polar surface area (TPSA) is 69.4 Å². The number of Topliss-reactive ketones (excluding diaryl/α,β-unsaturated/α-hetero) is 1. The first kappa shape index (κ1) is 11.1. The Morgan fingerprint density at radius 1 is 1.44 bits per heavy atom. The van der Waals surface area contributed by atoms with Gasteiger partial charge < -0.3 is 4.74 Å². The molecule has 2 rings (SSSR count). The summed E-state index contributed by atoms with van der Waals surface area (Å²) < 4.78 is 5.30. The zero-order valence-electron chi connectivity index (χ0n) is 9.65. The number of carbonyl (C=O) groups is 1. The third-order valence-corrected chi connectivity index (χ3v) is 3.23. The highest BCUT2D eigenvalue weighted by atomic mass is 16.7. The Balaban J connectivity index is 2.33. The van der Waals surface area contributed by atoms with Crippen LogP contribution in [0.3, 0.4) is 0 Å². The zero-order chi connectivity index (χ0) is 12.1. The molecule has 0 spiro atoms. The summed E-state index contributed by atoms with van der Waals surface area (Å²) in [6, 6.07) is 0. The predicted octanol–water partition coefficient (Wildman–Crippen LogP) is 1.90. The molecule has 1 aliphatic carbocycles. The van der Waals surface area contributed by atoms with Crippen LogP contribution >= 0.6 is 0 Å². The fourth-order valence-electron chi connectivity index (χ4n) is 2.51. The number of hydrogen-bond acceptors (Lipinski definition) is 4. The van der Waals surface area contributed by atoms with Gasteiger partial charge in [-0.1, -0.05) is 13.8 Å². The maximum absolute atomic E-state index is 11.9. The highest BCUT2D eigenvalue weighted by molar-refractivity contribution is 5.98. The van der Waals surface area contributed by atoms with Crippen molar-refractivity contribution in [3.05, 3.63) is 21.4 Å². The molecule has 0 saturated carbocycles. The molecular weight excluding hydrogens is 210 g/mol. The molecule has 0 N–H and O–H groups in total. The maximum Gasteiger partial charge on any atom is 0.360 e. The molecule has 2 aliphatic rings. The standard InChI is InChI=1S/C11H15NO4/c1-6-9-7(13)4-11(2,3)5-8(9)16-10(6)12(14)15/h6,10H,4-5H2,1-3H3/t6-,10-/m0/s1. The summed E-state index contributed by atoms with van der Waals surface area (Å²) in [6.45, 7) is 5.64. The van der Waals surface area contributed by atoms with Crippen molar-refractivity contribution in [3.8, 4) is 0 Å². The van der Waals surface area contributed by atoms with E-state index in [1.54, 1.807) is 6.92 Å². The molecule has 88 valence electrons. The molecule has 0 amide bonds. The van der Waals surface area contributed by atoms with Crippen LogP contribution in [0.15, 0.2) is 11.3 Å². The van der Waals surface area contributed by atoms with E-state index in [1.807, 2.05) is 13.8 Å². The van der Waals surface area contributed by atoms with Crippen LogP contribution in [0.2, 0.25) is 0 Å². The highest BCUT2D eigenvalue weighted by Gasteiger charge is 2.48. The van der Waals surface area contributed by atoms with Crippen LogP contribution in [0, 0.1) is 21.4 Å². The Morgan fingerprint density at radius 3 is 2.62 bits per heavy atom. The van der Waals surface area contributed by atoms with Crippen molar-refractivity contribution >= 4 is 5.78 Å². The summed E-state index contributed by atoms with van der Waals surface area (Å²) in [5.41, 5.74) is 0.391. The first-order chi connectivity index (χ1) is 7.32. The number of hydrogen-bond donors (Lipinski definition) is 0.